The number of halogens is 2. The summed E-state index contributed by atoms with van der Waals surface area (Å²) >= 11 is 0. The first-order valence-electron chi connectivity index (χ1n) is 8.14. The number of methoxy groups -OCH3 is 1. The van der Waals surface area contributed by atoms with Gasteiger partial charge in [-0.2, -0.15) is 4.39 Å². The first kappa shape index (κ1) is 17.4. The lowest BCUT2D eigenvalue weighted by Crippen LogP contribution is -1.96. The molecule has 0 atom stereocenters. The molecule has 0 unspecified atom stereocenters. The van der Waals surface area contributed by atoms with Crippen LogP contribution in [0.3, 0.4) is 0 Å². The number of hydrogen-bond acceptors (Lipinski definition) is 2. The summed E-state index contributed by atoms with van der Waals surface area (Å²) in [6.07, 6.45) is 8.84. The average Bonchev–Trinajstić information content (AvgIpc) is 2.58. The molecule has 2 rings (SSSR count). The first-order valence-corrected chi connectivity index (χ1v) is 8.14. The van der Waals surface area contributed by atoms with Gasteiger partial charge in [0.15, 0.2) is 11.6 Å². The zero-order valence-corrected chi connectivity index (χ0v) is 13.7. The topological polar surface area (TPSA) is 22.1 Å². The van der Waals surface area contributed by atoms with Crippen LogP contribution in [0.1, 0.15) is 44.6 Å². The van der Waals surface area contributed by atoms with Crippen molar-refractivity contribution in [3.63, 3.8) is 0 Å². The maximum Gasteiger partial charge on any atom is 0.201 e. The van der Waals surface area contributed by atoms with E-state index in [0.717, 1.165) is 18.4 Å². The van der Waals surface area contributed by atoms with Crippen LogP contribution in [0.15, 0.2) is 30.5 Å². The van der Waals surface area contributed by atoms with Crippen LogP contribution in [-0.4, -0.2) is 12.1 Å². The minimum atomic E-state index is -0.980. The molecule has 0 aliphatic heterocycles. The molecule has 0 aliphatic rings. The molecule has 2 aromatic rings. The molecule has 0 bridgehead atoms. The van der Waals surface area contributed by atoms with Gasteiger partial charge in [-0.3, -0.25) is 4.98 Å². The van der Waals surface area contributed by atoms with E-state index in [0.29, 0.717) is 5.69 Å². The molecule has 23 heavy (non-hydrogen) atoms. The molecule has 0 radical (unpaired) electrons. The minimum Gasteiger partial charge on any atom is -0.494 e. The Kier molecular flexibility index (Phi) is 6.51. The van der Waals surface area contributed by atoms with E-state index < -0.39 is 11.6 Å². The van der Waals surface area contributed by atoms with E-state index in [1.54, 1.807) is 12.3 Å². The van der Waals surface area contributed by atoms with E-state index in [1.165, 1.54) is 44.9 Å². The lowest BCUT2D eigenvalue weighted by atomic mass is 10.1. The normalized spacial score (nSPS) is 10.8. The van der Waals surface area contributed by atoms with Gasteiger partial charge in [0.2, 0.25) is 5.82 Å². The predicted molar refractivity (Wildman–Crippen MR) is 88.6 cm³/mol. The molecule has 1 heterocycles. The highest BCUT2D eigenvalue weighted by atomic mass is 19.2. The summed E-state index contributed by atoms with van der Waals surface area (Å²) in [6, 6.07) is 6.58. The van der Waals surface area contributed by atoms with Gasteiger partial charge in [0.1, 0.15) is 0 Å². The van der Waals surface area contributed by atoms with Crippen molar-refractivity contribution < 1.29 is 13.5 Å². The summed E-state index contributed by atoms with van der Waals surface area (Å²) < 4.78 is 32.6. The van der Waals surface area contributed by atoms with Gasteiger partial charge in [-0.25, -0.2) is 4.39 Å². The maximum atomic E-state index is 14.1. The molecular weight excluding hydrogens is 296 g/mol. The van der Waals surface area contributed by atoms with Gasteiger partial charge < -0.3 is 4.74 Å². The van der Waals surface area contributed by atoms with E-state index in [-0.39, 0.29) is 11.3 Å². The van der Waals surface area contributed by atoms with Crippen LogP contribution < -0.4 is 4.74 Å². The molecule has 1 aromatic heterocycles. The van der Waals surface area contributed by atoms with Crippen molar-refractivity contribution in [2.45, 2.75) is 45.4 Å². The van der Waals surface area contributed by atoms with Crippen LogP contribution in [0.5, 0.6) is 5.75 Å². The quantitative estimate of drug-likeness (QED) is 0.595. The molecule has 1 aromatic carbocycles. The zero-order valence-electron chi connectivity index (χ0n) is 13.7. The Hall–Kier alpha value is -1.97. The number of rotatable bonds is 8. The number of aryl methyl sites for hydroxylation is 1. The largest absolute Gasteiger partial charge is 0.494 e. The third-order valence-electron chi connectivity index (χ3n) is 3.94. The third-order valence-corrected chi connectivity index (χ3v) is 3.94. The van der Waals surface area contributed by atoms with Crippen molar-refractivity contribution in [1.29, 1.82) is 0 Å². The Balaban J connectivity index is 2.04. The number of unbranched alkanes of at least 4 members (excludes halogenated alkanes) is 4. The summed E-state index contributed by atoms with van der Waals surface area (Å²) in [6.45, 7) is 2.20. The van der Waals surface area contributed by atoms with Crippen molar-refractivity contribution in [2.24, 2.45) is 0 Å². The monoisotopic (exact) mass is 319 g/mol. The molecule has 2 nitrogen and oxygen atoms in total. The summed E-state index contributed by atoms with van der Waals surface area (Å²) in [5, 5.41) is 0. The molecule has 0 aliphatic carbocycles. The molecule has 0 saturated heterocycles. The predicted octanol–water partition coefficient (Wildman–Crippen LogP) is 5.55. The fourth-order valence-corrected chi connectivity index (χ4v) is 2.55. The minimum absolute atomic E-state index is 0.102. The first-order chi connectivity index (χ1) is 11.2. The van der Waals surface area contributed by atoms with Gasteiger partial charge in [-0.15, -0.1) is 0 Å². The van der Waals surface area contributed by atoms with Crippen LogP contribution in [0.4, 0.5) is 8.78 Å². The lowest BCUT2D eigenvalue weighted by molar-refractivity contribution is 0.372. The van der Waals surface area contributed by atoms with Crippen LogP contribution in [0, 0.1) is 11.6 Å². The van der Waals surface area contributed by atoms with Crippen LogP contribution in [0.25, 0.3) is 11.3 Å². The van der Waals surface area contributed by atoms with E-state index in [1.807, 2.05) is 6.07 Å². The maximum absolute atomic E-state index is 14.1. The number of pyridine rings is 1. The lowest BCUT2D eigenvalue weighted by Gasteiger charge is -2.08. The van der Waals surface area contributed by atoms with Crippen LogP contribution >= 0.6 is 0 Å². The van der Waals surface area contributed by atoms with Crippen molar-refractivity contribution in [3.05, 3.63) is 47.7 Å². The molecule has 0 N–H and O–H groups in total. The Morgan fingerprint density at radius 1 is 0.957 bits per heavy atom. The Bertz CT molecular complexity index is 626. The van der Waals surface area contributed by atoms with Crippen molar-refractivity contribution in [2.75, 3.05) is 7.11 Å². The van der Waals surface area contributed by atoms with E-state index in [4.69, 9.17) is 4.74 Å². The molecule has 4 heteroatoms. The second-order valence-corrected chi connectivity index (χ2v) is 5.66. The average molecular weight is 319 g/mol. The van der Waals surface area contributed by atoms with Gasteiger partial charge in [0.05, 0.1) is 12.8 Å². The Labute approximate surface area is 136 Å². The van der Waals surface area contributed by atoms with Gasteiger partial charge in [0, 0.05) is 11.8 Å². The number of ether oxygens (including phenoxy) is 1. The number of nitrogens with zero attached hydrogens (tertiary/aromatic N) is 1. The second-order valence-electron chi connectivity index (χ2n) is 5.66. The second kappa shape index (κ2) is 8.61. The SMILES string of the molecule is CCCCCCCc1ccc(-c2ccc(OC)c(F)c2F)nc1. The fourth-order valence-electron chi connectivity index (χ4n) is 2.55. The molecular formula is C19H23F2NO. The van der Waals surface area contributed by atoms with Gasteiger partial charge in [0.25, 0.3) is 0 Å². The summed E-state index contributed by atoms with van der Waals surface area (Å²) in [5.74, 6) is -2.01. The molecule has 0 amide bonds. The molecule has 124 valence electrons. The number of aromatic nitrogens is 1. The van der Waals surface area contributed by atoms with Gasteiger partial charge >= 0.3 is 0 Å². The summed E-state index contributed by atoms with van der Waals surface area (Å²) in [4.78, 5) is 4.27. The van der Waals surface area contributed by atoms with E-state index in [9.17, 15) is 8.78 Å². The molecule has 0 spiro atoms. The highest BCUT2D eigenvalue weighted by Gasteiger charge is 2.15. The number of hydrogen-bond donors (Lipinski definition) is 0. The molecule has 0 saturated carbocycles. The third kappa shape index (κ3) is 4.50. The molecule has 0 fully saturated rings. The summed E-state index contributed by atoms with van der Waals surface area (Å²) in [5.41, 5.74) is 1.70. The van der Waals surface area contributed by atoms with E-state index in [2.05, 4.69) is 11.9 Å². The fraction of sp³-hybridized carbons (Fsp3) is 0.421. The van der Waals surface area contributed by atoms with Gasteiger partial charge in [-0.1, -0.05) is 38.7 Å². The van der Waals surface area contributed by atoms with Crippen molar-refractivity contribution >= 4 is 0 Å². The van der Waals surface area contributed by atoms with Crippen LogP contribution in [0.2, 0.25) is 0 Å². The highest BCUT2D eigenvalue weighted by molar-refractivity contribution is 5.61. The Morgan fingerprint density at radius 2 is 1.74 bits per heavy atom. The van der Waals surface area contributed by atoms with Crippen molar-refractivity contribution in [1.82, 2.24) is 4.98 Å². The number of benzene rings is 1. The van der Waals surface area contributed by atoms with Crippen LogP contribution in [-0.2, 0) is 6.42 Å². The Morgan fingerprint density at radius 3 is 2.39 bits per heavy atom. The summed E-state index contributed by atoms with van der Waals surface area (Å²) in [7, 11) is 1.31. The van der Waals surface area contributed by atoms with E-state index >= 15 is 0 Å². The highest BCUT2D eigenvalue weighted by Crippen LogP contribution is 2.28. The zero-order chi connectivity index (χ0) is 16.7. The van der Waals surface area contributed by atoms with Crippen molar-refractivity contribution in [3.8, 4) is 17.0 Å². The smallest absolute Gasteiger partial charge is 0.201 e. The standard InChI is InChI=1S/C19H23F2NO/c1-3-4-5-6-7-8-14-9-11-16(22-13-14)15-10-12-17(23-2)19(21)18(15)20/h9-13H,3-8H2,1-2H3. The van der Waals surface area contributed by atoms with Gasteiger partial charge in [-0.05, 0) is 36.6 Å².